The van der Waals surface area contributed by atoms with Crippen LogP contribution >= 0.6 is 11.3 Å². The van der Waals surface area contributed by atoms with Crippen molar-refractivity contribution in [3.05, 3.63) is 45.1 Å². The van der Waals surface area contributed by atoms with Crippen LogP contribution in [0.3, 0.4) is 0 Å². The van der Waals surface area contributed by atoms with Crippen LogP contribution in [0.2, 0.25) is 0 Å². The molecule has 1 aliphatic rings. The van der Waals surface area contributed by atoms with Gasteiger partial charge in [0.2, 0.25) is 5.95 Å². The highest BCUT2D eigenvalue weighted by atomic mass is 32.1. The van der Waals surface area contributed by atoms with Crippen molar-refractivity contribution in [1.82, 2.24) is 24.7 Å². The van der Waals surface area contributed by atoms with E-state index < -0.39 is 0 Å². The fourth-order valence-electron chi connectivity index (χ4n) is 3.10. The largest absolute Gasteiger partial charge is 0.369 e. The van der Waals surface area contributed by atoms with Crippen LogP contribution in [0, 0.1) is 6.92 Å². The summed E-state index contributed by atoms with van der Waals surface area (Å²) in [7, 11) is 0. The molecule has 24 heavy (non-hydrogen) atoms. The molecule has 0 atom stereocenters. The van der Waals surface area contributed by atoms with E-state index in [1.165, 1.54) is 17.4 Å². The second-order valence-electron chi connectivity index (χ2n) is 6.00. The Morgan fingerprint density at radius 2 is 2.25 bits per heavy atom. The van der Waals surface area contributed by atoms with Gasteiger partial charge in [0, 0.05) is 29.6 Å². The number of thiazole rings is 1. The smallest absolute Gasteiger partial charge is 0.270 e. The average Bonchev–Trinajstić information content (AvgIpc) is 3.00. The summed E-state index contributed by atoms with van der Waals surface area (Å²) in [4.78, 5) is 35.8. The van der Waals surface area contributed by atoms with Crippen LogP contribution in [-0.4, -0.2) is 31.3 Å². The van der Waals surface area contributed by atoms with E-state index in [0.717, 1.165) is 23.5 Å². The maximum Gasteiger partial charge on any atom is 0.270 e. The predicted molar refractivity (Wildman–Crippen MR) is 90.3 cm³/mol. The molecule has 4 N–H and O–H groups in total. The zero-order chi connectivity index (χ0) is 16.8. The predicted octanol–water partition coefficient (Wildman–Crippen LogP) is 1.05. The number of hydrogen-bond acceptors (Lipinski definition) is 6. The lowest BCUT2D eigenvalue weighted by Gasteiger charge is -2.35. The highest BCUT2D eigenvalue weighted by Gasteiger charge is 2.33. The lowest BCUT2D eigenvalue weighted by molar-refractivity contribution is 0.0901. The first-order valence-corrected chi connectivity index (χ1v) is 8.49. The molecule has 0 saturated heterocycles. The maximum atomic E-state index is 12.5. The summed E-state index contributed by atoms with van der Waals surface area (Å²) < 4.78 is 1.81. The number of H-pyrrole nitrogens is 1. The Kier molecular flexibility index (Phi) is 3.38. The first-order chi connectivity index (χ1) is 11.5. The maximum absolute atomic E-state index is 12.5. The average molecular weight is 344 g/mol. The third kappa shape index (κ3) is 2.46. The van der Waals surface area contributed by atoms with Crippen LogP contribution in [0.25, 0.3) is 4.96 Å². The van der Waals surface area contributed by atoms with Crippen LogP contribution in [0.4, 0.5) is 5.95 Å². The van der Waals surface area contributed by atoms with Gasteiger partial charge in [0.25, 0.3) is 11.5 Å². The monoisotopic (exact) mass is 344 g/mol. The first-order valence-electron chi connectivity index (χ1n) is 7.61. The normalized spacial score (nSPS) is 20.0. The number of aryl methyl sites for hydroxylation is 1. The molecule has 0 aliphatic heterocycles. The van der Waals surface area contributed by atoms with Gasteiger partial charge in [0.1, 0.15) is 5.69 Å². The SMILES string of the molecule is Cc1nc2sccn2c1C(=O)NC1CC(c2cc(=O)[nH]c(N)n2)C1. The van der Waals surface area contributed by atoms with E-state index >= 15 is 0 Å². The summed E-state index contributed by atoms with van der Waals surface area (Å²) in [5.41, 5.74) is 7.30. The zero-order valence-electron chi connectivity index (χ0n) is 12.9. The number of imidazole rings is 1. The molecule has 3 heterocycles. The van der Waals surface area contributed by atoms with Crippen molar-refractivity contribution in [2.45, 2.75) is 31.7 Å². The van der Waals surface area contributed by atoms with Crippen molar-refractivity contribution in [2.75, 3.05) is 5.73 Å². The quantitative estimate of drug-likeness (QED) is 0.656. The second-order valence-corrected chi connectivity index (χ2v) is 6.87. The van der Waals surface area contributed by atoms with Crippen molar-refractivity contribution in [3.8, 4) is 0 Å². The molecule has 0 unspecified atom stereocenters. The number of nitrogens with zero attached hydrogens (tertiary/aromatic N) is 3. The van der Waals surface area contributed by atoms with E-state index in [9.17, 15) is 9.59 Å². The molecular weight excluding hydrogens is 328 g/mol. The molecule has 1 aliphatic carbocycles. The summed E-state index contributed by atoms with van der Waals surface area (Å²) in [6.07, 6.45) is 3.33. The van der Waals surface area contributed by atoms with Gasteiger partial charge in [-0.25, -0.2) is 9.97 Å². The number of carbonyl (C=O) groups is 1. The van der Waals surface area contributed by atoms with Gasteiger partial charge in [-0.15, -0.1) is 11.3 Å². The molecule has 3 aromatic heterocycles. The second kappa shape index (κ2) is 5.45. The molecule has 1 amide bonds. The first kappa shape index (κ1) is 14.9. The molecule has 4 rings (SSSR count). The van der Waals surface area contributed by atoms with Crippen LogP contribution in [0.15, 0.2) is 22.4 Å². The van der Waals surface area contributed by atoms with E-state index in [2.05, 4.69) is 20.3 Å². The minimum Gasteiger partial charge on any atom is -0.369 e. The van der Waals surface area contributed by atoms with Crippen molar-refractivity contribution in [3.63, 3.8) is 0 Å². The standard InChI is InChI=1S/C15H16N6O2S/c1-7-12(21-2-3-24-15(21)17-7)13(23)18-9-4-8(5-9)10-6-11(22)20-14(16)19-10/h2-3,6,8-9H,4-5H2,1H3,(H,18,23)(H3,16,19,20,22). The summed E-state index contributed by atoms with van der Waals surface area (Å²) >= 11 is 1.50. The van der Waals surface area contributed by atoms with Gasteiger partial charge in [-0.3, -0.25) is 19.0 Å². The number of fused-ring (bicyclic) bond motifs is 1. The molecule has 3 aromatic rings. The van der Waals surface area contributed by atoms with Crippen molar-refractivity contribution in [2.24, 2.45) is 0 Å². The molecule has 8 nitrogen and oxygen atoms in total. The number of nitrogens with two attached hydrogens (primary N) is 1. The lowest BCUT2D eigenvalue weighted by Crippen LogP contribution is -2.44. The number of anilines is 1. The van der Waals surface area contributed by atoms with Gasteiger partial charge in [-0.1, -0.05) is 0 Å². The number of hydrogen-bond donors (Lipinski definition) is 3. The van der Waals surface area contributed by atoms with E-state index in [-0.39, 0.29) is 29.4 Å². The van der Waals surface area contributed by atoms with Gasteiger partial charge >= 0.3 is 0 Å². The Morgan fingerprint density at radius 3 is 3.00 bits per heavy atom. The van der Waals surface area contributed by atoms with Gasteiger partial charge in [0.15, 0.2) is 4.96 Å². The third-order valence-corrected chi connectivity index (χ3v) is 5.08. The van der Waals surface area contributed by atoms with Crippen LogP contribution < -0.4 is 16.6 Å². The van der Waals surface area contributed by atoms with Crippen LogP contribution in [-0.2, 0) is 0 Å². The summed E-state index contributed by atoms with van der Waals surface area (Å²) in [5.74, 6) is 0.146. The van der Waals surface area contributed by atoms with Gasteiger partial charge in [-0.05, 0) is 19.8 Å². The Morgan fingerprint density at radius 1 is 1.46 bits per heavy atom. The van der Waals surface area contributed by atoms with Crippen molar-refractivity contribution >= 4 is 28.2 Å². The van der Waals surface area contributed by atoms with E-state index in [1.54, 1.807) is 0 Å². The molecule has 124 valence electrons. The minimum absolute atomic E-state index is 0.0633. The number of nitrogen functional groups attached to an aromatic ring is 1. The van der Waals surface area contributed by atoms with Gasteiger partial charge in [0.05, 0.1) is 11.4 Å². The molecule has 0 aromatic carbocycles. The third-order valence-electron chi connectivity index (χ3n) is 4.32. The minimum atomic E-state index is -0.250. The van der Waals surface area contributed by atoms with E-state index in [1.807, 2.05) is 22.9 Å². The van der Waals surface area contributed by atoms with Crippen LogP contribution in [0.1, 0.15) is 40.6 Å². The summed E-state index contributed by atoms with van der Waals surface area (Å²) in [6.45, 7) is 1.83. The zero-order valence-corrected chi connectivity index (χ0v) is 13.8. The Hall–Kier alpha value is -2.68. The highest BCUT2D eigenvalue weighted by Crippen LogP contribution is 2.35. The summed E-state index contributed by atoms with van der Waals surface area (Å²) in [6, 6.07) is 1.53. The molecule has 0 bridgehead atoms. The molecule has 0 spiro atoms. The summed E-state index contributed by atoms with van der Waals surface area (Å²) in [5, 5.41) is 4.93. The number of amides is 1. The highest BCUT2D eigenvalue weighted by molar-refractivity contribution is 7.15. The molecule has 1 saturated carbocycles. The molecule has 9 heteroatoms. The number of nitrogens with one attached hydrogen (secondary N) is 2. The molecule has 1 fully saturated rings. The Balaban J connectivity index is 1.44. The Bertz CT molecular complexity index is 981. The number of carbonyl (C=O) groups excluding carboxylic acids is 1. The van der Waals surface area contributed by atoms with Crippen LogP contribution in [0.5, 0.6) is 0 Å². The van der Waals surface area contributed by atoms with Crippen molar-refractivity contribution < 1.29 is 4.79 Å². The Labute approximate surface area is 140 Å². The fraction of sp³-hybridized carbons (Fsp3) is 0.333. The van der Waals surface area contributed by atoms with Gasteiger partial charge < -0.3 is 11.1 Å². The van der Waals surface area contributed by atoms with Crippen molar-refractivity contribution in [1.29, 1.82) is 0 Å². The molecular formula is C15H16N6O2S. The number of rotatable bonds is 3. The van der Waals surface area contributed by atoms with E-state index in [0.29, 0.717) is 11.4 Å². The molecule has 0 radical (unpaired) electrons. The fourth-order valence-corrected chi connectivity index (χ4v) is 3.86. The number of aromatic amines is 1. The van der Waals surface area contributed by atoms with E-state index in [4.69, 9.17) is 5.73 Å². The lowest BCUT2D eigenvalue weighted by atomic mass is 9.78. The van der Waals surface area contributed by atoms with Gasteiger partial charge in [-0.2, -0.15) is 0 Å². The topological polar surface area (TPSA) is 118 Å². The number of aromatic nitrogens is 4.